The molecule has 0 unspecified atom stereocenters. The molecule has 1 heterocycles. The SMILES string of the molecule is O=c1nc(C=Cc2cc(Br)cc(Br)c2OCc2ccc(Cl)cc2Cl)cc(C(F)(F)F)[nH]1. The molecule has 31 heavy (non-hydrogen) atoms. The molecule has 162 valence electrons. The Kier molecular flexibility index (Phi) is 7.51. The molecule has 0 fully saturated rings. The quantitative estimate of drug-likeness (QED) is 0.334. The highest BCUT2D eigenvalue weighted by molar-refractivity contribution is 9.11. The highest BCUT2D eigenvalue weighted by Crippen LogP contribution is 2.35. The molecule has 0 spiro atoms. The van der Waals surface area contributed by atoms with Crippen LogP contribution in [0.4, 0.5) is 13.2 Å². The van der Waals surface area contributed by atoms with Crippen LogP contribution in [-0.2, 0) is 12.8 Å². The topological polar surface area (TPSA) is 55.0 Å². The number of nitrogens with one attached hydrogen (secondary N) is 1. The van der Waals surface area contributed by atoms with Crippen molar-refractivity contribution in [1.82, 2.24) is 9.97 Å². The molecule has 0 saturated heterocycles. The summed E-state index contributed by atoms with van der Waals surface area (Å²) in [5.74, 6) is 0.423. The molecule has 0 aliphatic carbocycles. The summed E-state index contributed by atoms with van der Waals surface area (Å²) in [6.45, 7) is 0.124. The third kappa shape index (κ3) is 6.35. The van der Waals surface area contributed by atoms with Crippen LogP contribution in [0.25, 0.3) is 12.2 Å². The van der Waals surface area contributed by atoms with E-state index in [1.165, 1.54) is 12.2 Å². The Balaban J connectivity index is 1.93. The lowest BCUT2D eigenvalue weighted by Crippen LogP contribution is -2.19. The molecule has 0 aliphatic heterocycles. The predicted molar refractivity (Wildman–Crippen MR) is 121 cm³/mol. The zero-order valence-electron chi connectivity index (χ0n) is 15.2. The molecule has 0 saturated carbocycles. The van der Waals surface area contributed by atoms with Gasteiger partial charge < -0.3 is 9.72 Å². The van der Waals surface area contributed by atoms with Crippen molar-refractivity contribution in [3.8, 4) is 5.75 Å². The monoisotopic (exact) mass is 596 g/mol. The van der Waals surface area contributed by atoms with Gasteiger partial charge in [-0.3, -0.25) is 0 Å². The molecule has 2 aromatic carbocycles. The highest BCUT2D eigenvalue weighted by atomic mass is 79.9. The van der Waals surface area contributed by atoms with Crippen molar-refractivity contribution in [2.45, 2.75) is 12.8 Å². The Morgan fingerprint density at radius 2 is 1.84 bits per heavy atom. The third-order valence-corrected chi connectivity index (χ3v) is 5.56. The number of halogens is 7. The molecule has 0 amide bonds. The first-order valence-electron chi connectivity index (χ1n) is 8.45. The standard InChI is InChI=1S/C20H11Br2Cl2F3N2O2/c21-12-5-10(2-4-14-8-17(20(25,26)27)29-19(30)28-14)18(15(22)6-12)31-9-11-1-3-13(23)7-16(11)24/h1-8H,9H2,(H,28,29,30). The summed E-state index contributed by atoms with van der Waals surface area (Å²) in [5, 5.41) is 0.927. The van der Waals surface area contributed by atoms with Crippen LogP contribution in [-0.4, -0.2) is 9.97 Å². The molecule has 3 rings (SSSR count). The number of hydrogen-bond acceptors (Lipinski definition) is 3. The third-order valence-electron chi connectivity index (χ3n) is 3.93. The summed E-state index contributed by atoms with van der Waals surface area (Å²) in [7, 11) is 0. The van der Waals surface area contributed by atoms with Crippen molar-refractivity contribution < 1.29 is 17.9 Å². The molecule has 1 aromatic heterocycles. The molecule has 3 aromatic rings. The van der Waals surface area contributed by atoms with E-state index in [1.54, 1.807) is 35.3 Å². The highest BCUT2D eigenvalue weighted by Gasteiger charge is 2.32. The van der Waals surface area contributed by atoms with Gasteiger partial charge >= 0.3 is 11.9 Å². The van der Waals surface area contributed by atoms with Crippen molar-refractivity contribution in [3.63, 3.8) is 0 Å². The molecule has 0 bridgehead atoms. The van der Waals surface area contributed by atoms with Crippen LogP contribution in [0.3, 0.4) is 0 Å². The van der Waals surface area contributed by atoms with Gasteiger partial charge in [0.1, 0.15) is 18.1 Å². The number of rotatable bonds is 5. The normalized spacial score (nSPS) is 11.8. The minimum atomic E-state index is -4.70. The fourth-order valence-electron chi connectivity index (χ4n) is 2.53. The number of benzene rings is 2. The van der Waals surface area contributed by atoms with E-state index in [0.717, 1.165) is 6.07 Å². The average Bonchev–Trinajstić information content (AvgIpc) is 2.65. The van der Waals surface area contributed by atoms with Gasteiger partial charge in [-0.1, -0.05) is 45.2 Å². The lowest BCUT2D eigenvalue weighted by molar-refractivity contribution is -0.141. The van der Waals surface area contributed by atoms with Crippen molar-refractivity contribution in [2.24, 2.45) is 0 Å². The van der Waals surface area contributed by atoms with E-state index in [9.17, 15) is 18.0 Å². The van der Waals surface area contributed by atoms with E-state index < -0.39 is 17.6 Å². The van der Waals surface area contributed by atoms with Crippen LogP contribution < -0.4 is 10.4 Å². The van der Waals surface area contributed by atoms with Gasteiger partial charge in [-0.2, -0.15) is 18.2 Å². The summed E-state index contributed by atoms with van der Waals surface area (Å²) >= 11 is 18.9. The number of alkyl halides is 3. The van der Waals surface area contributed by atoms with Gasteiger partial charge in [0.05, 0.1) is 10.2 Å². The summed E-state index contributed by atoms with van der Waals surface area (Å²) in [5.41, 5.74) is -1.21. The van der Waals surface area contributed by atoms with Gasteiger partial charge in [-0.25, -0.2) is 4.79 Å². The zero-order chi connectivity index (χ0) is 22.8. The minimum absolute atomic E-state index is 0.124. The fourth-order valence-corrected chi connectivity index (χ4v) is 4.37. The number of H-pyrrole nitrogens is 1. The first kappa shape index (κ1) is 23.8. The number of ether oxygens (including phenoxy) is 1. The minimum Gasteiger partial charge on any atom is -0.487 e. The van der Waals surface area contributed by atoms with Gasteiger partial charge in [-0.15, -0.1) is 0 Å². The van der Waals surface area contributed by atoms with Crippen LogP contribution >= 0.6 is 55.1 Å². The van der Waals surface area contributed by atoms with Crippen LogP contribution in [0, 0.1) is 0 Å². The lowest BCUT2D eigenvalue weighted by atomic mass is 10.1. The van der Waals surface area contributed by atoms with Crippen molar-refractivity contribution in [3.05, 3.63) is 88.4 Å². The lowest BCUT2D eigenvalue weighted by Gasteiger charge is -2.13. The number of hydrogen-bond donors (Lipinski definition) is 1. The molecule has 0 atom stereocenters. The largest absolute Gasteiger partial charge is 0.487 e. The van der Waals surface area contributed by atoms with Gasteiger partial charge in [-0.05, 0) is 58.4 Å². The number of aromatic amines is 1. The van der Waals surface area contributed by atoms with Gasteiger partial charge in [0.15, 0.2) is 0 Å². The fraction of sp³-hybridized carbons (Fsp3) is 0.100. The van der Waals surface area contributed by atoms with Crippen molar-refractivity contribution >= 4 is 67.2 Å². The van der Waals surface area contributed by atoms with E-state index in [1.807, 2.05) is 0 Å². The molecule has 0 aliphatic rings. The first-order valence-corrected chi connectivity index (χ1v) is 10.8. The van der Waals surface area contributed by atoms with E-state index in [0.29, 0.717) is 35.9 Å². The Labute approximate surface area is 201 Å². The Bertz CT molecular complexity index is 1210. The number of aromatic nitrogens is 2. The molecule has 4 nitrogen and oxygen atoms in total. The Morgan fingerprint density at radius 1 is 1.10 bits per heavy atom. The molecule has 0 radical (unpaired) electrons. The average molecular weight is 599 g/mol. The summed E-state index contributed by atoms with van der Waals surface area (Å²) in [4.78, 5) is 16.7. The van der Waals surface area contributed by atoms with E-state index in [4.69, 9.17) is 27.9 Å². The Hall–Kier alpha value is -1.81. The molecular weight excluding hydrogens is 588 g/mol. The van der Waals surface area contributed by atoms with Gasteiger partial charge in [0, 0.05) is 25.6 Å². The van der Waals surface area contributed by atoms with Crippen molar-refractivity contribution in [2.75, 3.05) is 0 Å². The summed E-state index contributed by atoms with van der Waals surface area (Å²) < 4.78 is 46.0. The van der Waals surface area contributed by atoms with Crippen LogP contribution in [0.5, 0.6) is 5.75 Å². The second kappa shape index (κ2) is 9.77. The second-order valence-corrected chi connectivity index (χ2v) is 8.80. The zero-order valence-corrected chi connectivity index (χ0v) is 19.9. The summed E-state index contributed by atoms with van der Waals surface area (Å²) in [6.07, 6.45) is -1.91. The smallest absolute Gasteiger partial charge is 0.431 e. The maximum atomic E-state index is 12.9. The van der Waals surface area contributed by atoms with E-state index in [-0.39, 0.29) is 12.3 Å². The van der Waals surface area contributed by atoms with E-state index >= 15 is 0 Å². The first-order chi connectivity index (χ1) is 14.5. The molecule has 1 N–H and O–H groups in total. The van der Waals surface area contributed by atoms with Gasteiger partial charge in [0.2, 0.25) is 0 Å². The van der Waals surface area contributed by atoms with E-state index in [2.05, 4.69) is 36.8 Å². The van der Waals surface area contributed by atoms with Crippen LogP contribution in [0.2, 0.25) is 10.0 Å². The maximum absolute atomic E-state index is 12.9. The second-order valence-electron chi connectivity index (χ2n) is 6.19. The molecule has 11 heteroatoms. The van der Waals surface area contributed by atoms with Crippen molar-refractivity contribution in [1.29, 1.82) is 0 Å². The maximum Gasteiger partial charge on any atom is 0.431 e. The molecular formula is C20H11Br2Cl2F3N2O2. The van der Waals surface area contributed by atoms with Gasteiger partial charge in [0.25, 0.3) is 0 Å². The summed E-state index contributed by atoms with van der Waals surface area (Å²) in [6, 6.07) is 9.21. The number of nitrogens with zero attached hydrogens (tertiary/aromatic N) is 1. The Morgan fingerprint density at radius 3 is 2.52 bits per heavy atom. The van der Waals surface area contributed by atoms with Crippen LogP contribution in [0.15, 0.2) is 50.1 Å². The van der Waals surface area contributed by atoms with Crippen LogP contribution in [0.1, 0.15) is 22.5 Å². The predicted octanol–water partition coefficient (Wildman–Crippen LogP) is 7.37.